The largest absolute Gasteiger partial charge is 0.383 e. The molecule has 2 heterocycles. The molecule has 0 aromatic rings. The molecule has 1 unspecified atom stereocenters. The predicted molar refractivity (Wildman–Crippen MR) is 111 cm³/mol. The molecule has 0 radical (unpaired) electrons. The van der Waals surface area contributed by atoms with Crippen molar-refractivity contribution in [1.29, 1.82) is 0 Å². The number of ether oxygens (including phenoxy) is 1. The van der Waals surface area contributed by atoms with Crippen molar-refractivity contribution in [2.24, 2.45) is 10.9 Å². The molecule has 5 nitrogen and oxygen atoms in total. The van der Waals surface area contributed by atoms with Gasteiger partial charge >= 0.3 is 0 Å². The second kappa shape index (κ2) is 12.6. The molecule has 0 aliphatic carbocycles. The number of thioether (sulfide) groups is 1. The maximum Gasteiger partial charge on any atom is 0.191 e. The van der Waals surface area contributed by atoms with Crippen molar-refractivity contribution in [1.82, 2.24) is 15.5 Å². The van der Waals surface area contributed by atoms with Crippen molar-refractivity contribution in [2.75, 3.05) is 59.2 Å². The van der Waals surface area contributed by atoms with Gasteiger partial charge in [-0.25, -0.2) is 0 Å². The van der Waals surface area contributed by atoms with Crippen molar-refractivity contribution >= 4 is 41.7 Å². The molecule has 0 saturated carbocycles. The van der Waals surface area contributed by atoms with Crippen molar-refractivity contribution in [3.63, 3.8) is 0 Å². The molecular weight excluding hydrogens is 423 g/mol. The zero-order valence-corrected chi connectivity index (χ0v) is 17.7. The summed E-state index contributed by atoms with van der Waals surface area (Å²) in [6, 6.07) is 0. The van der Waals surface area contributed by atoms with Crippen LogP contribution in [-0.4, -0.2) is 75.4 Å². The minimum atomic E-state index is 0. The summed E-state index contributed by atoms with van der Waals surface area (Å²) in [5.41, 5.74) is 0. The van der Waals surface area contributed by atoms with E-state index in [4.69, 9.17) is 4.74 Å². The summed E-state index contributed by atoms with van der Waals surface area (Å²) >= 11 is 2.09. The molecule has 2 aliphatic heterocycles. The van der Waals surface area contributed by atoms with Crippen molar-refractivity contribution in [3.8, 4) is 0 Å². The number of nitrogens with one attached hydrogen (secondary N) is 2. The number of piperidine rings is 1. The second-order valence-corrected chi connectivity index (χ2v) is 7.66. The molecule has 0 aromatic heterocycles. The van der Waals surface area contributed by atoms with E-state index in [9.17, 15) is 0 Å². The SMILES string of the molecule is CN=C(NCC1CCN(CCOC)CC1)NCC1CCCS1.I. The number of hydrogen-bond donors (Lipinski definition) is 2. The minimum absolute atomic E-state index is 0. The van der Waals surface area contributed by atoms with Gasteiger partial charge in [0.1, 0.15) is 0 Å². The number of methoxy groups -OCH3 is 1. The molecule has 0 aromatic carbocycles. The quantitative estimate of drug-likeness (QED) is 0.349. The molecular formula is C16H33IN4OS. The van der Waals surface area contributed by atoms with E-state index in [0.29, 0.717) is 0 Å². The molecule has 2 saturated heterocycles. The first-order chi connectivity index (χ1) is 10.8. The minimum Gasteiger partial charge on any atom is -0.383 e. The van der Waals surface area contributed by atoms with E-state index in [1.165, 1.54) is 44.5 Å². The fraction of sp³-hybridized carbons (Fsp3) is 0.938. The third kappa shape index (κ3) is 8.27. The van der Waals surface area contributed by atoms with E-state index in [1.54, 1.807) is 7.11 Å². The number of halogens is 1. The molecule has 0 spiro atoms. The highest BCUT2D eigenvalue weighted by atomic mass is 127. The number of guanidine groups is 1. The Bertz CT molecular complexity index is 332. The first-order valence-electron chi connectivity index (χ1n) is 8.59. The number of hydrogen-bond acceptors (Lipinski definition) is 4. The fourth-order valence-corrected chi connectivity index (χ4v) is 4.31. The zero-order chi connectivity index (χ0) is 15.6. The van der Waals surface area contributed by atoms with Crippen molar-refractivity contribution in [3.05, 3.63) is 0 Å². The lowest BCUT2D eigenvalue weighted by atomic mass is 9.97. The Morgan fingerprint density at radius 1 is 1.22 bits per heavy atom. The van der Waals surface area contributed by atoms with Gasteiger partial charge in [0.25, 0.3) is 0 Å². The van der Waals surface area contributed by atoms with Crippen LogP contribution in [0.25, 0.3) is 0 Å². The van der Waals surface area contributed by atoms with Gasteiger partial charge < -0.3 is 20.3 Å². The Hall–Kier alpha value is 0.270. The van der Waals surface area contributed by atoms with Gasteiger partial charge in [-0.05, 0) is 50.4 Å². The highest BCUT2D eigenvalue weighted by Gasteiger charge is 2.19. The van der Waals surface area contributed by atoms with E-state index >= 15 is 0 Å². The number of rotatable bonds is 7. The summed E-state index contributed by atoms with van der Waals surface area (Å²) < 4.78 is 5.15. The Morgan fingerprint density at radius 3 is 2.57 bits per heavy atom. The topological polar surface area (TPSA) is 48.9 Å². The maximum atomic E-state index is 5.15. The molecule has 0 amide bonds. The van der Waals surface area contributed by atoms with Gasteiger partial charge in [0, 0.05) is 39.0 Å². The van der Waals surface area contributed by atoms with Gasteiger partial charge in [-0.3, -0.25) is 4.99 Å². The van der Waals surface area contributed by atoms with Crippen LogP contribution in [0.15, 0.2) is 4.99 Å². The van der Waals surface area contributed by atoms with E-state index in [-0.39, 0.29) is 24.0 Å². The lowest BCUT2D eigenvalue weighted by Gasteiger charge is -2.32. The summed E-state index contributed by atoms with van der Waals surface area (Å²) in [7, 11) is 3.64. The van der Waals surface area contributed by atoms with Gasteiger partial charge in [0.05, 0.1) is 6.61 Å². The van der Waals surface area contributed by atoms with Crippen LogP contribution in [0.3, 0.4) is 0 Å². The number of likely N-dealkylation sites (tertiary alicyclic amines) is 1. The fourth-order valence-electron chi connectivity index (χ4n) is 3.11. The highest BCUT2D eigenvalue weighted by molar-refractivity contribution is 14.0. The molecule has 2 rings (SSSR count). The van der Waals surface area contributed by atoms with Crippen LogP contribution in [0.2, 0.25) is 0 Å². The average Bonchev–Trinajstić information content (AvgIpc) is 3.07. The van der Waals surface area contributed by atoms with Crippen LogP contribution < -0.4 is 10.6 Å². The first kappa shape index (κ1) is 21.3. The van der Waals surface area contributed by atoms with Gasteiger partial charge in [0.2, 0.25) is 0 Å². The van der Waals surface area contributed by atoms with E-state index in [0.717, 1.165) is 43.4 Å². The Labute approximate surface area is 162 Å². The van der Waals surface area contributed by atoms with Crippen molar-refractivity contribution < 1.29 is 4.74 Å². The molecule has 7 heteroatoms. The zero-order valence-electron chi connectivity index (χ0n) is 14.6. The number of aliphatic imine (C=N–C) groups is 1. The van der Waals surface area contributed by atoms with Crippen LogP contribution in [0, 0.1) is 5.92 Å². The summed E-state index contributed by atoms with van der Waals surface area (Å²) in [6.07, 6.45) is 5.25. The smallest absolute Gasteiger partial charge is 0.191 e. The van der Waals surface area contributed by atoms with Crippen LogP contribution in [-0.2, 0) is 4.74 Å². The monoisotopic (exact) mass is 456 g/mol. The lowest BCUT2D eigenvalue weighted by molar-refractivity contribution is 0.121. The Kier molecular flexibility index (Phi) is 11.7. The number of nitrogens with zero attached hydrogens (tertiary/aromatic N) is 2. The summed E-state index contributed by atoms with van der Waals surface area (Å²) in [4.78, 5) is 6.85. The molecule has 2 fully saturated rings. The highest BCUT2D eigenvalue weighted by Crippen LogP contribution is 2.25. The van der Waals surface area contributed by atoms with Crippen LogP contribution in [0.4, 0.5) is 0 Å². The second-order valence-electron chi connectivity index (χ2n) is 6.25. The molecule has 1 atom stereocenters. The molecule has 2 N–H and O–H groups in total. The lowest BCUT2D eigenvalue weighted by Crippen LogP contribution is -2.44. The van der Waals surface area contributed by atoms with E-state index in [2.05, 4.69) is 32.3 Å². The van der Waals surface area contributed by atoms with Gasteiger partial charge in [-0.15, -0.1) is 24.0 Å². The Morgan fingerprint density at radius 2 is 1.96 bits per heavy atom. The van der Waals surface area contributed by atoms with Crippen LogP contribution >= 0.6 is 35.7 Å². The van der Waals surface area contributed by atoms with Gasteiger partial charge in [-0.1, -0.05) is 0 Å². The molecule has 0 bridgehead atoms. The predicted octanol–water partition coefficient (Wildman–Crippen LogP) is 2.02. The first-order valence-corrected chi connectivity index (χ1v) is 9.64. The average molecular weight is 456 g/mol. The third-order valence-electron chi connectivity index (χ3n) is 4.62. The Balaban J connectivity index is 0.00000264. The van der Waals surface area contributed by atoms with Crippen LogP contribution in [0.5, 0.6) is 0 Å². The van der Waals surface area contributed by atoms with Crippen LogP contribution in [0.1, 0.15) is 25.7 Å². The third-order valence-corrected chi connectivity index (χ3v) is 6.02. The standard InChI is InChI=1S/C16H32N4OS.HI/c1-17-16(19-13-15-4-3-11-22-15)18-12-14-5-7-20(8-6-14)9-10-21-2;/h14-15H,3-13H2,1-2H3,(H2,17,18,19);1H. The maximum absolute atomic E-state index is 5.15. The van der Waals surface area contributed by atoms with E-state index < -0.39 is 0 Å². The van der Waals surface area contributed by atoms with Crippen molar-refractivity contribution in [2.45, 2.75) is 30.9 Å². The summed E-state index contributed by atoms with van der Waals surface area (Å²) in [5, 5.41) is 7.75. The van der Waals surface area contributed by atoms with Gasteiger partial charge in [0.15, 0.2) is 5.96 Å². The molecule has 23 heavy (non-hydrogen) atoms. The van der Waals surface area contributed by atoms with Gasteiger partial charge in [-0.2, -0.15) is 11.8 Å². The summed E-state index contributed by atoms with van der Waals surface area (Å²) in [6.45, 7) is 6.38. The molecule has 136 valence electrons. The summed E-state index contributed by atoms with van der Waals surface area (Å²) in [5.74, 6) is 3.05. The normalized spacial score (nSPS) is 23.6. The molecule has 2 aliphatic rings. The van der Waals surface area contributed by atoms with E-state index in [1.807, 2.05) is 7.05 Å².